The largest absolute Gasteiger partial charge is 0.477 e. The van der Waals surface area contributed by atoms with Crippen molar-refractivity contribution in [2.45, 2.75) is 47.8 Å². The van der Waals surface area contributed by atoms with Crippen LogP contribution in [0.5, 0.6) is 5.88 Å². The number of aromatic nitrogens is 1. The van der Waals surface area contributed by atoms with Crippen molar-refractivity contribution < 1.29 is 14.3 Å². The Morgan fingerprint density at radius 1 is 1.14 bits per heavy atom. The molecule has 1 amide bonds. The molecule has 2 aromatic heterocycles. The molecule has 5 rings (SSSR count). The van der Waals surface area contributed by atoms with E-state index in [0.29, 0.717) is 39.0 Å². The molecule has 2 fully saturated rings. The van der Waals surface area contributed by atoms with Crippen LogP contribution in [0.2, 0.25) is 10.0 Å². The lowest BCUT2D eigenvalue weighted by Gasteiger charge is -2.39. The van der Waals surface area contributed by atoms with Gasteiger partial charge in [0.05, 0.1) is 17.3 Å². The summed E-state index contributed by atoms with van der Waals surface area (Å²) in [5, 5.41) is 7.02. The van der Waals surface area contributed by atoms with Crippen molar-refractivity contribution >= 4 is 58.0 Å². The number of carbonyl (C=O) groups excluding carboxylic acids is 2. The Hall–Kier alpha value is -2.06. The second-order valence-corrected chi connectivity index (χ2v) is 11.7. The van der Waals surface area contributed by atoms with Crippen molar-refractivity contribution in [3.05, 3.63) is 74.5 Å². The van der Waals surface area contributed by atoms with Crippen molar-refractivity contribution in [1.82, 2.24) is 10.3 Å². The number of thioether (sulfide) groups is 1. The average Bonchev–Trinajstić information content (AvgIpc) is 3.56. The third kappa shape index (κ3) is 5.24. The number of hydrogen-bond donors (Lipinski definition) is 1. The Kier molecular flexibility index (Phi) is 7.39. The van der Waals surface area contributed by atoms with Crippen molar-refractivity contribution in [2.75, 3.05) is 6.61 Å². The molecule has 9 heteroatoms. The number of nitrogens with one attached hydrogen (secondary N) is 1. The smallest absolute Gasteiger partial charge is 0.242 e. The van der Waals surface area contributed by atoms with Crippen LogP contribution in [0, 0.1) is 5.92 Å². The molecule has 1 saturated carbocycles. The molecule has 2 aliphatic rings. The summed E-state index contributed by atoms with van der Waals surface area (Å²) < 4.78 is 6.02. The number of nitrogens with zero attached hydrogens (tertiary/aromatic N) is 1. The highest BCUT2D eigenvalue weighted by atomic mass is 35.5. The highest BCUT2D eigenvalue weighted by Crippen LogP contribution is 2.41. The zero-order valence-corrected chi connectivity index (χ0v) is 22.0. The number of benzene rings is 1. The molecule has 3 heterocycles. The summed E-state index contributed by atoms with van der Waals surface area (Å²) in [6, 6.07) is 12.5. The van der Waals surface area contributed by atoms with Crippen LogP contribution in [0.15, 0.2) is 58.1 Å². The number of thiophene rings is 1. The van der Waals surface area contributed by atoms with Crippen LogP contribution in [-0.2, 0) is 15.1 Å². The Morgan fingerprint density at radius 2 is 1.97 bits per heavy atom. The van der Waals surface area contributed by atoms with E-state index in [1.54, 1.807) is 18.2 Å². The lowest BCUT2D eigenvalue weighted by atomic mass is 9.79. The molecule has 1 saturated heterocycles. The summed E-state index contributed by atoms with van der Waals surface area (Å²) in [7, 11) is 0. The topological polar surface area (TPSA) is 68.3 Å². The van der Waals surface area contributed by atoms with Crippen molar-refractivity contribution in [1.29, 1.82) is 0 Å². The number of hydrogen-bond acceptors (Lipinski definition) is 6. The molecule has 1 aliphatic carbocycles. The van der Waals surface area contributed by atoms with Gasteiger partial charge in [-0.1, -0.05) is 42.1 Å². The maximum absolute atomic E-state index is 13.4. The van der Waals surface area contributed by atoms with Crippen LogP contribution < -0.4 is 10.1 Å². The summed E-state index contributed by atoms with van der Waals surface area (Å²) in [6.07, 6.45) is 4.94. The fourth-order valence-corrected chi connectivity index (χ4v) is 6.96. The molecule has 0 spiro atoms. The number of ether oxygens (including phenoxy) is 1. The van der Waals surface area contributed by atoms with E-state index in [0.717, 1.165) is 17.3 Å². The van der Waals surface area contributed by atoms with Gasteiger partial charge in [0.2, 0.25) is 11.8 Å². The van der Waals surface area contributed by atoms with Gasteiger partial charge >= 0.3 is 0 Å². The number of pyridine rings is 1. The highest BCUT2D eigenvalue weighted by molar-refractivity contribution is 8.01. The monoisotopic (exact) mass is 546 g/mol. The average molecular weight is 548 g/mol. The van der Waals surface area contributed by atoms with E-state index in [1.807, 2.05) is 35.0 Å². The van der Waals surface area contributed by atoms with Gasteiger partial charge in [-0.3, -0.25) is 9.59 Å². The molecule has 2 atom stereocenters. The quantitative estimate of drug-likeness (QED) is 0.342. The highest BCUT2D eigenvalue weighted by Gasteiger charge is 2.48. The van der Waals surface area contributed by atoms with Crippen molar-refractivity contribution in [2.24, 2.45) is 5.92 Å². The Labute approximate surface area is 222 Å². The van der Waals surface area contributed by atoms with Crippen LogP contribution in [0.3, 0.4) is 0 Å². The third-order valence-corrected chi connectivity index (χ3v) is 9.23. The van der Waals surface area contributed by atoms with Crippen LogP contribution in [0.25, 0.3) is 0 Å². The summed E-state index contributed by atoms with van der Waals surface area (Å²) in [5.41, 5.74) is 0.369. The predicted octanol–water partition coefficient (Wildman–Crippen LogP) is 6.51. The number of carbonyl (C=O) groups is 2. The zero-order chi connectivity index (χ0) is 24.4. The van der Waals surface area contributed by atoms with Gasteiger partial charge in [-0.25, -0.2) is 4.98 Å². The second-order valence-electron chi connectivity index (χ2n) is 8.94. The maximum Gasteiger partial charge on any atom is 0.242 e. The first-order valence-corrected chi connectivity index (χ1v) is 14.1. The molecule has 1 aromatic carbocycles. The molecular weight excluding hydrogens is 523 g/mol. The predicted molar refractivity (Wildman–Crippen MR) is 141 cm³/mol. The first-order chi connectivity index (χ1) is 16.9. The van der Waals surface area contributed by atoms with Gasteiger partial charge in [0.15, 0.2) is 5.78 Å². The van der Waals surface area contributed by atoms with Gasteiger partial charge in [-0.05, 0) is 65.4 Å². The van der Waals surface area contributed by atoms with Crippen molar-refractivity contribution in [3.8, 4) is 5.88 Å². The molecule has 1 N–H and O–H groups in total. The maximum atomic E-state index is 13.4. The standard InChI is InChI=1S/C26H24Cl2N2O3S2/c27-18-8-9-21(19(28)12-18)35-24-20(31)13-26(30-25(24)32,17-10-11-34-15-17)22-6-3-7-23(29-22)33-14-16-4-1-2-5-16/h3,6-12,15-16,24H,1-2,4-5,13-14H2,(H,30,32). The second kappa shape index (κ2) is 10.5. The Morgan fingerprint density at radius 3 is 2.69 bits per heavy atom. The van der Waals surface area contributed by atoms with Crippen LogP contribution in [0.4, 0.5) is 0 Å². The molecular formula is C26H24Cl2N2O3S2. The van der Waals surface area contributed by atoms with Crippen molar-refractivity contribution in [3.63, 3.8) is 0 Å². The van der Waals surface area contributed by atoms with Gasteiger partial charge in [0.25, 0.3) is 0 Å². The lowest BCUT2D eigenvalue weighted by molar-refractivity contribution is -0.133. The number of rotatable bonds is 7. The van der Waals surface area contributed by atoms with Crippen LogP contribution in [-0.4, -0.2) is 28.5 Å². The molecule has 35 heavy (non-hydrogen) atoms. The molecule has 2 unspecified atom stereocenters. The van der Waals surface area contributed by atoms with E-state index in [1.165, 1.54) is 37.0 Å². The Bertz CT molecular complexity index is 1210. The van der Waals surface area contributed by atoms with E-state index in [2.05, 4.69) is 5.32 Å². The molecule has 3 aromatic rings. The molecule has 0 radical (unpaired) electrons. The van der Waals surface area contributed by atoms with Crippen LogP contribution in [0.1, 0.15) is 43.4 Å². The normalized spacial score (nSPS) is 22.9. The zero-order valence-electron chi connectivity index (χ0n) is 18.8. The number of ketones is 1. The van der Waals surface area contributed by atoms with E-state index >= 15 is 0 Å². The summed E-state index contributed by atoms with van der Waals surface area (Å²) in [4.78, 5) is 32.2. The number of amides is 1. The first-order valence-electron chi connectivity index (χ1n) is 11.5. The summed E-state index contributed by atoms with van der Waals surface area (Å²) >= 11 is 14.9. The number of piperidine rings is 1. The molecule has 1 aliphatic heterocycles. The minimum absolute atomic E-state index is 0.0808. The van der Waals surface area contributed by atoms with Gasteiger partial charge in [-0.2, -0.15) is 11.3 Å². The first kappa shape index (κ1) is 24.6. The third-order valence-electron chi connectivity index (χ3n) is 6.56. The van der Waals surface area contributed by atoms with Crippen LogP contribution >= 0.6 is 46.3 Å². The van der Waals surface area contributed by atoms with E-state index in [9.17, 15) is 9.59 Å². The fourth-order valence-electron chi connectivity index (χ4n) is 4.73. The summed E-state index contributed by atoms with van der Waals surface area (Å²) in [6.45, 7) is 0.633. The molecule has 0 bridgehead atoms. The fraction of sp³-hybridized carbons (Fsp3) is 0.346. The number of halogens is 2. The molecule has 5 nitrogen and oxygen atoms in total. The Balaban J connectivity index is 1.42. The number of Topliss-reactive ketones (excluding diaryl/α,β-unsaturated/α-hetero) is 1. The van der Waals surface area contributed by atoms with Gasteiger partial charge in [-0.15, -0.1) is 11.8 Å². The van der Waals surface area contributed by atoms with Gasteiger partial charge < -0.3 is 10.1 Å². The minimum Gasteiger partial charge on any atom is -0.477 e. The van der Waals surface area contributed by atoms with E-state index in [4.69, 9.17) is 32.9 Å². The van der Waals surface area contributed by atoms with E-state index in [-0.39, 0.29) is 18.1 Å². The van der Waals surface area contributed by atoms with Gasteiger partial charge in [0, 0.05) is 22.4 Å². The minimum atomic E-state index is -1.05. The van der Waals surface area contributed by atoms with Gasteiger partial charge in [0.1, 0.15) is 10.8 Å². The molecule has 182 valence electrons. The van der Waals surface area contributed by atoms with E-state index < -0.39 is 10.8 Å². The SMILES string of the molecule is O=C1CC(c2ccsc2)(c2cccc(OCC3CCCC3)n2)NC(=O)C1Sc1ccc(Cl)cc1Cl. The lowest BCUT2D eigenvalue weighted by Crippen LogP contribution is -2.58. The summed E-state index contributed by atoms with van der Waals surface area (Å²) in [5.74, 6) is 0.507.